The Kier molecular flexibility index (Phi) is 4.90. The van der Waals surface area contributed by atoms with Crippen molar-refractivity contribution in [3.8, 4) is 0 Å². The molecule has 0 saturated heterocycles. The molecular formula is C15H20N2S. The molecule has 3 heteroatoms. The highest BCUT2D eigenvalue weighted by atomic mass is 32.1. The highest BCUT2D eigenvalue weighted by Gasteiger charge is 2.12. The highest BCUT2D eigenvalue weighted by Crippen LogP contribution is 2.20. The second kappa shape index (κ2) is 6.66. The number of nitrogens with one attached hydrogen (secondary N) is 1. The fourth-order valence-electron chi connectivity index (χ4n) is 2.06. The Hall–Kier alpha value is -1.19. The van der Waals surface area contributed by atoms with E-state index in [4.69, 9.17) is 0 Å². The lowest BCUT2D eigenvalue weighted by molar-refractivity contribution is 0.529. The molecule has 0 bridgehead atoms. The van der Waals surface area contributed by atoms with Gasteiger partial charge >= 0.3 is 0 Å². The SMILES string of the molecule is CCCNC(Cc1ccsc1)c1ccnc(C)c1. The number of thiophene rings is 1. The van der Waals surface area contributed by atoms with E-state index in [1.807, 2.05) is 13.1 Å². The predicted octanol–water partition coefficient (Wildman–Crippen LogP) is 3.73. The van der Waals surface area contributed by atoms with Gasteiger partial charge in [-0.05, 0) is 66.4 Å². The first-order valence-electron chi connectivity index (χ1n) is 6.46. The largest absolute Gasteiger partial charge is 0.310 e. The molecule has 2 aromatic heterocycles. The number of pyridine rings is 1. The first kappa shape index (κ1) is 13.2. The Morgan fingerprint density at radius 1 is 1.39 bits per heavy atom. The molecule has 2 rings (SSSR count). The number of nitrogens with zero attached hydrogens (tertiary/aromatic N) is 1. The Labute approximate surface area is 113 Å². The third-order valence-corrected chi connectivity index (χ3v) is 3.72. The first-order chi connectivity index (χ1) is 8.79. The minimum Gasteiger partial charge on any atom is -0.310 e. The predicted molar refractivity (Wildman–Crippen MR) is 78.0 cm³/mol. The van der Waals surface area contributed by atoms with Crippen LogP contribution in [0.5, 0.6) is 0 Å². The quantitative estimate of drug-likeness (QED) is 0.856. The molecule has 0 aliphatic carbocycles. The minimum atomic E-state index is 0.390. The van der Waals surface area contributed by atoms with Crippen LogP contribution in [0.25, 0.3) is 0 Å². The summed E-state index contributed by atoms with van der Waals surface area (Å²) in [6.45, 7) is 5.30. The van der Waals surface area contributed by atoms with Crippen LogP contribution in [0.15, 0.2) is 35.2 Å². The Morgan fingerprint density at radius 2 is 2.28 bits per heavy atom. The van der Waals surface area contributed by atoms with Crippen molar-refractivity contribution in [2.75, 3.05) is 6.54 Å². The van der Waals surface area contributed by atoms with Crippen molar-refractivity contribution in [1.82, 2.24) is 10.3 Å². The molecule has 18 heavy (non-hydrogen) atoms. The topological polar surface area (TPSA) is 24.9 Å². The highest BCUT2D eigenvalue weighted by molar-refractivity contribution is 7.07. The summed E-state index contributed by atoms with van der Waals surface area (Å²) in [5, 5.41) is 8.00. The molecule has 0 aromatic carbocycles. The number of aryl methyl sites for hydroxylation is 1. The molecule has 0 saturated carbocycles. The second-order valence-corrected chi connectivity index (χ2v) is 5.35. The van der Waals surface area contributed by atoms with Gasteiger partial charge in [-0.2, -0.15) is 11.3 Å². The maximum absolute atomic E-state index is 4.27. The standard InChI is InChI=1S/C15H20N2S/c1-3-6-17-15(10-13-5-8-18-11-13)14-4-7-16-12(2)9-14/h4-5,7-9,11,15,17H,3,6,10H2,1-2H3. The van der Waals surface area contributed by atoms with Crippen LogP contribution < -0.4 is 5.32 Å². The van der Waals surface area contributed by atoms with Gasteiger partial charge in [-0.3, -0.25) is 4.98 Å². The lowest BCUT2D eigenvalue weighted by atomic mass is 10.0. The first-order valence-corrected chi connectivity index (χ1v) is 7.41. The normalized spacial score (nSPS) is 12.6. The second-order valence-electron chi connectivity index (χ2n) is 4.57. The van der Waals surface area contributed by atoms with E-state index in [1.165, 1.54) is 11.1 Å². The molecular weight excluding hydrogens is 240 g/mol. The summed E-state index contributed by atoms with van der Waals surface area (Å²) in [4.78, 5) is 4.27. The van der Waals surface area contributed by atoms with Crippen molar-refractivity contribution in [2.45, 2.75) is 32.7 Å². The summed E-state index contributed by atoms with van der Waals surface area (Å²) in [7, 11) is 0. The van der Waals surface area contributed by atoms with Crippen LogP contribution in [-0.4, -0.2) is 11.5 Å². The van der Waals surface area contributed by atoms with Crippen LogP contribution in [-0.2, 0) is 6.42 Å². The molecule has 1 unspecified atom stereocenters. The van der Waals surface area contributed by atoms with E-state index in [1.54, 1.807) is 11.3 Å². The van der Waals surface area contributed by atoms with E-state index < -0.39 is 0 Å². The van der Waals surface area contributed by atoms with Crippen molar-refractivity contribution in [2.24, 2.45) is 0 Å². The van der Waals surface area contributed by atoms with Gasteiger partial charge in [0.2, 0.25) is 0 Å². The van der Waals surface area contributed by atoms with Gasteiger partial charge in [-0.1, -0.05) is 6.92 Å². The van der Waals surface area contributed by atoms with Crippen molar-refractivity contribution >= 4 is 11.3 Å². The van der Waals surface area contributed by atoms with E-state index in [0.717, 1.165) is 25.1 Å². The third-order valence-electron chi connectivity index (χ3n) is 2.98. The maximum atomic E-state index is 4.27. The molecule has 0 radical (unpaired) electrons. The summed E-state index contributed by atoms with van der Waals surface area (Å²) in [6.07, 6.45) is 4.11. The van der Waals surface area contributed by atoms with Gasteiger partial charge in [-0.15, -0.1) is 0 Å². The average Bonchev–Trinajstić information content (AvgIpc) is 2.87. The van der Waals surface area contributed by atoms with Crippen molar-refractivity contribution in [1.29, 1.82) is 0 Å². The zero-order valence-corrected chi connectivity index (χ0v) is 11.8. The summed E-state index contributed by atoms with van der Waals surface area (Å²) in [5.41, 5.74) is 3.83. The minimum absolute atomic E-state index is 0.390. The summed E-state index contributed by atoms with van der Waals surface area (Å²) in [5.74, 6) is 0. The molecule has 1 atom stereocenters. The molecule has 2 heterocycles. The molecule has 0 aliphatic rings. The number of rotatable bonds is 6. The number of hydrogen-bond acceptors (Lipinski definition) is 3. The van der Waals surface area contributed by atoms with Gasteiger partial charge in [0, 0.05) is 17.9 Å². The van der Waals surface area contributed by atoms with Gasteiger partial charge in [0.25, 0.3) is 0 Å². The Morgan fingerprint density at radius 3 is 2.94 bits per heavy atom. The van der Waals surface area contributed by atoms with E-state index in [9.17, 15) is 0 Å². The van der Waals surface area contributed by atoms with Crippen molar-refractivity contribution < 1.29 is 0 Å². The van der Waals surface area contributed by atoms with Crippen LogP contribution in [0.3, 0.4) is 0 Å². The van der Waals surface area contributed by atoms with Gasteiger partial charge in [-0.25, -0.2) is 0 Å². The molecule has 0 fully saturated rings. The van der Waals surface area contributed by atoms with Gasteiger partial charge < -0.3 is 5.32 Å². The number of aromatic nitrogens is 1. The molecule has 0 spiro atoms. The van der Waals surface area contributed by atoms with Crippen molar-refractivity contribution in [3.05, 3.63) is 52.0 Å². The van der Waals surface area contributed by atoms with E-state index in [-0.39, 0.29) is 0 Å². The molecule has 2 aromatic rings. The average molecular weight is 260 g/mol. The molecule has 0 amide bonds. The molecule has 2 nitrogen and oxygen atoms in total. The van der Waals surface area contributed by atoms with Crippen LogP contribution >= 0.6 is 11.3 Å². The van der Waals surface area contributed by atoms with Gasteiger partial charge in [0.05, 0.1) is 0 Å². The lowest BCUT2D eigenvalue weighted by Gasteiger charge is -2.18. The summed E-state index contributed by atoms with van der Waals surface area (Å²) >= 11 is 1.76. The smallest absolute Gasteiger partial charge is 0.0375 e. The lowest BCUT2D eigenvalue weighted by Crippen LogP contribution is -2.24. The van der Waals surface area contributed by atoms with E-state index in [2.05, 4.69) is 46.2 Å². The van der Waals surface area contributed by atoms with E-state index >= 15 is 0 Å². The van der Waals surface area contributed by atoms with Crippen LogP contribution in [0, 0.1) is 6.92 Å². The molecule has 1 N–H and O–H groups in total. The van der Waals surface area contributed by atoms with Gasteiger partial charge in [0.15, 0.2) is 0 Å². The van der Waals surface area contributed by atoms with E-state index in [0.29, 0.717) is 6.04 Å². The summed E-state index contributed by atoms with van der Waals surface area (Å²) < 4.78 is 0. The number of hydrogen-bond donors (Lipinski definition) is 1. The zero-order valence-electron chi connectivity index (χ0n) is 11.0. The van der Waals surface area contributed by atoms with Crippen LogP contribution in [0.1, 0.15) is 36.2 Å². The monoisotopic (exact) mass is 260 g/mol. The summed E-state index contributed by atoms with van der Waals surface area (Å²) in [6, 6.07) is 6.90. The zero-order chi connectivity index (χ0) is 12.8. The third kappa shape index (κ3) is 3.65. The Bertz CT molecular complexity index is 465. The fourth-order valence-corrected chi connectivity index (χ4v) is 2.74. The maximum Gasteiger partial charge on any atom is 0.0375 e. The molecule has 0 aliphatic heterocycles. The molecule has 96 valence electrons. The Balaban J connectivity index is 2.13. The van der Waals surface area contributed by atoms with Crippen LogP contribution in [0.4, 0.5) is 0 Å². The fraction of sp³-hybridized carbons (Fsp3) is 0.400. The van der Waals surface area contributed by atoms with Crippen molar-refractivity contribution in [3.63, 3.8) is 0 Å². The van der Waals surface area contributed by atoms with Crippen LogP contribution in [0.2, 0.25) is 0 Å². The van der Waals surface area contributed by atoms with Gasteiger partial charge in [0.1, 0.15) is 0 Å².